The third-order valence-electron chi connectivity index (χ3n) is 1.41. The molecule has 0 aromatic rings. The van der Waals surface area contributed by atoms with Crippen LogP contribution in [0.2, 0.25) is 0 Å². The molecule has 4 nitrogen and oxygen atoms in total. The Morgan fingerprint density at radius 3 is 3.27 bits per heavy atom. The van der Waals surface area contributed by atoms with Crippen molar-refractivity contribution in [3.8, 4) is 0 Å². The van der Waals surface area contributed by atoms with Crippen molar-refractivity contribution in [3.63, 3.8) is 0 Å². The summed E-state index contributed by atoms with van der Waals surface area (Å²) in [4.78, 5) is 4.05. The van der Waals surface area contributed by atoms with Crippen molar-refractivity contribution >= 4 is 28.1 Å². The minimum atomic E-state index is 0.243. The molecule has 58 valence electrons. The van der Waals surface area contributed by atoms with E-state index in [2.05, 4.69) is 19.9 Å². The second kappa shape index (κ2) is 3.27. The van der Waals surface area contributed by atoms with Gasteiger partial charge in [0.2, 0.25) is 0 Å². The molecule has 1 atom stereocenters. The number of hydrogen-bond donors (Lipinski definition) is 1. The Balaban J connectivity index is 2.04. The van der Waals surface area contributed by atoms with Crippen LogP contribution in [-0.4, -0.2) is 18.9 Å². The van der Waals surface area contributed by atoms with Crippen LogP contribution < -0.4 is 5.32 Å². The van der Waals surface area contributed by atoms with Gasteiger partial charge in [0.1, 0.15) is 0 Å². The van der Waals surface area contributed by atoms with Crippen molar-refractivity contribution in [1.29, 1.82) is 0 Å². The lowest BCUT2D eigenvalue weighted by atomic mass is 10.2. The number of hydrogen-bond acceptors (Lipinski definition) is 6. The number of nitrogens with zero attached hydrogens (tertiary/aromatic N) is 3. The highest BCUT2D eigenvalue weighted by Crippen LogP contribution is 2.32. The summed E-state index contributed by atoms with van der Waals surface area (Å²) in [7, 11) is 2.98. The van der Waals surface area contributed by atoms with Crippen molar-refractivity contribution in [2.24, 2.45) is 14.6 Å². The van der Waals surface area contributed by atoms with Gasteiger partial charge in [-0.05, 0) is 10.8 Å². The molecule has 1 N–H and O–H groups in total. The van der Waals surface area contributed by atoms with Gasteiger partial charge in [-0.25, -0.2) is 0 Å². The molecule has 0 aliphatic carbocycles. The minimum absolute atomic E-state index is 0.243. The Bertz CT molecular complexity index is 227. The van der Waals surface area contributed by atoms with Gasteiger partial charge in [0, 0.05) is 5.41 Å². The Hall–Kier alpha value is -0.490. The average molecular weight is 186 g/mol. The zero-order valence-corrected chi connectivity index (χ0v) is 7.23. The second-order valence-electron chi connectivity index (χ2n) is 2.11. The van der Waals surface area contributed by atoms with Gasteiger partial charge in [-0.1, -0.05) is 0 Å². The lowest BCUT2D eigenvalue weighted by Gasteiger charge is -2.10. The minimum Gasteiger partial charge on any atom is -0.366 e. The molecule has 0 bridgehead atoms. The molecular formula is C5H6N4S2. The Morgan fingerprint density at radius 2 is 2.64 bits per heavy atom. The van der Waals surface area contributed by atoms with Crippen LogP contribution in [0.15, 0.2) is 25.7 Å². The van der Waals surface area contributed by atoms with Gasteiger partial charge in [0.15, 0.2) is 0 Å². The van der Waals surface area contributed by atoms with Crippen molar-refractivity contribution in [1.82, 2.24) is 5.32 Å². The average Bonchev–Trinajstić information content (AvgIpc) is 2.58. The lowest BCUT2D eigenvalue weighted by Crippen LogP contribution is -2.26. The van der Waals surface area contributed by atoms with Crippen molar-refractivity contribution < 1.29 is 0 Å². The molecule has 0 spiro atoms. The van der Waals surface area contributed by atoms with E-state index in [4.69, 9.17) is 0 Å². The highest BCUT2D eigenvalue weighted by atomic mass is 33.1. The highest BCUT2D eigenvalue weighted by Gasteiger charge is 2.17. The fraction of sp³-hybridized carbons (Fsp3) is 0.400. The van der Waals surface area contributed by atoms with E-state index >= 15 is 0 Å². The van der Waals surface area contributed by atoms with Gasteiger partial charge < -0.3 is 5.32 Å². The third kappa shape index (κ3) is 1.57. The monoisotopic (exact) mass is 186 g/mol. The molecule has 0 saturated carbocycles. The first-order valence-corrected chi connectivity index (χ1v) is 5.32. The standard InChI is InChI=1S/C5H6N4S2/c1-4(7-3-6-1)5-2-10-11-9-8-5/h2-4H,1H2,(H,6,7). The highest BCUT2D eigenvalue weighted by molar-refractivity contribution is 8.77. The molecule has 6 heteroatoms. The smallest absolute Gasteiger partial charge is 0.0951 e. The Kier molecular flexibility index (Phi) is 2.13. The van der Waals surface area contributed by atoms with Gasteiger partial charge in [0.05, 0.1) is 35.6 Å². The topological polar surface area (TPSA) is 49.1 Å². The van der Waals surface area contributed by atoms with Crippen LogP contribution >= 0.6 is 21.8 Å². The van der Waals surface area contributed by atoms with Crippen LogP contribution in [0.25, 0.3) is 0 Å². The van der Waals surface area contributed by atoms with E-state index in [0.717, 1.165) is 12.2 Å². The maximum absolute atomic E-state index is 4.05. The van der Waals surface area contributed by atoms with E-state index in [-0.39, 0.29) is 6.04 Å². The van der Waals surface area contributed by atoms with Crippen LogP contribution in [0.3, 0.4) is 0 Å². The lowest BCUT2D eigenvalue weighted by molar-refractivity contribution is 0.739. The molecule has 2 aliphatic heterocycles. The SMILES string of the molecule is C1=NCC(C2=CSSN=N2)N1. The first-order chi connectivity index (χ1) is 5.47. The molecule has 0 radical (unpaired) electrons. The normalized spacial score (nSPS) is 28.4. The van der Waals surface area contributed by atoms with E-state index in [1.165, 1.54) is 11.0 Å². The first kappa shape index (κ1) is 7.17. The maximum atomic E-state index is 4.05. The van der Waals surface area contributed by atoms with Crippen LogP contribution in [-0.2, 0) is 0 Å². The summed E-state index contributed by atoms with van der Waals surface area (Å²) >= 11 is 0. The summed E-state index contributed by atoms with van der Waals surface area (Å²) in [5, 5.41) is 9.09. The van der Waals surface area contributed by atoms with Crippen molar-refractivity contribution in [2.75, 3.05) is 6.54 Å². The van der Waals surface area contributed by atoms with E-state index in [1.807, 2.05) is 5.41 Å². The zero-order valence-electron chi connectivity index (χ0n) is 5.60. The summed E-state index contributed by atoms with van der Waals surface area (Å²) in [6, 6.07) is 0.243. The molecule has 2 rings (SSSR count). The van der Waals surface area contributed by atoms with E-state index < -0.39 is 0 Å². The van der Waals surface area contributed by atoms with Crippen molar-refractivity contribution in [2.45, 2.75) is 6.04 Å². The summed E-state index contributed by atoms with van der Waals surface area (Å²) in [6.45, 7) is 0.774. The van der Waals surface area contributed by atoms with Crippen LogP contribution in [0.5, 0.6) is 0 Å². The number of nitrogens with one attached hydrogen (secondary N) is 1. The fourth-order valence-electron chi connectivity index (χ4n) is 0.862. The molecule has 0 saturated heterocycles. The van der Waals surface area contributed by atoms with Gasteiger partial charge in [-0.2, -0.15) is 0 Å². The molecule has 2 heterocycles. The molecule has 0 aromatic heterocycles. The number of aliphatic imine (C=N–C) groups is 1. The molecular weight excluding hydrogens is 180 g/mol. The molecule has 1 unspecified atom stereocenters. The van der Waals surface area contributed by atoms with E-state index in [0.29, 0.717) is 0 Å². The zero-order chi connectivity index (χ0) is 7.52. The summed E-state index contributed by atoms with van der Waals surface area (Å²) in [5.74, 6) is 0. The number of rotatable bonds is 1. The van der Waals surface area contributed by atoms with Gasteiger partial charge >= 0.3 is 0 Å². The van der Waals surface area contributed by atoms with Gasteiger partial charge in [-0.15, -0.1) is 9.63 Å². The summed E-state index contributed by atoms with van der Waals surface area (Å²) in [5.41, 5.74) is 0.978. The fourth-order valence-corrected chi connectivity index (χ4v) is 2.02. The Labute approximate surface area is 72.2 Å². The quantitative estimate of drug-likeness (QED) is 0.499. The predicted octanol–water partition coefficient (Wildman–Crippen LogP) is 1.59. The maximum Gasteiger partial charge on any atom is 0.0951 e. The predicted molar refractivity (Wildman–Crippen MR) is 48.4 cm³/mol. The van der Waals surface area contributed by atoms with Gasteiger partial charge in [0.25, 0.3) is 0 Å². The third-order valence-corrected chi connectivity index (χ3v) is 2.73. The molecule has 0 fully saturated rings. The van der Waals surface area contributed by atoms with Crippen LogP contribution in [0, 0.1) is 0 Å². The molecule has 0 amide bonds. The van der Waals surface area contributed by atoms with Crippen molar-refractivity contribution in [3.05, 3.63) is 11.1 Å². The Morgan fingerprint density at radius 1 is 1.64 bits per heavy atom. The summed E-state index contributed by atoms with van der Waals surface area (Å²) < 4.78 is 3.84. The molecule has 11 heavy (non-hydrogen) atoms. The van der Waals surface area contributed by atoms with Gasteiger partial charge in [-0.3, -0.25) is 4.99 Å². The molecule has 0 aromatic carbocycles. The summed E-state index contributed by atoms with van der Waals surface area (Å²) in [6.07, 6.45) is 1.72. The molecule has 2 aliphatic rings. The van der Waals surface area contributed by atoms with E-state index in [1.54, 1.807) is 17.1 Å². The largest absolute Gasteiger partial charge is 0.366 e. The van der Waals surface area contributed by atoms with E-state index in [9.17, 15) is 0 Å². The first-order valence-electron chi connectivity index (χ1n) is 3.15. The van der Waals surface area contributed by atoms with Crippen LogP contribution in [0.4, 0.5) is 0 Å². The second-order valence-corrected chi connectivity index (χ2v) is 3.87. The van der Waals surface area contributed by atoms with Crippen LogP contribution in [0.1, 0.15) is 0 Å².